The van der Waals surface area contributed by atoms with Crippen molar-refractivity contribution in [2.24, 2.45) is 0 Å². The van der Waals surface area contributed by atoms with E-state index >= 15 is 0 Å². The van der Waals surface area contributed by atoms with Gasteiger partial charge in [-0.25, -0.2) is 15.4 Å². The van der Waals surface area contributed by atoms with Crippen LogP contribution in [-0.2, 0) is 0 Å². The molecule has 0 unspecified atom stereocenters. The molecule has 0 bridgehead atoms. The molecule has 2 heterocycles. The van der Waals surface area contributed by atoms with Gasteiger partial charge in [-0.3, -0.25) is 15.3 Å². The van der Waals surface area contributed by atoms with E-state index in [1.807, 2.05) is 0 Å². The van der Waals surface area contributed by atoms with Gasteiger partial charge in [0.15, 0.2) is 0 Å². The van der Waals surface area contributed by atoms with Gasteiger partial charge >= 0.3 is 6.01 Å². The van der Waals surface area contributed by atoms with Crippen molar-refractivity contribution in [3.8, 4) is 17.2 Å². The first-order valence-corrected chi connectivity index (χ1v) is 6.71. The normalized spacial score (nSPS) is 10.2. The second-order valence-electron chi connectivity index (χ2n) is 4.50. The van der Waals surface area contributed by atoms with Crippen LogP contribution in [-0.4, -0.2) is 38.4 Å². The van der Waals surface area contributed by atoms with Crippen LogP contribution in [0, 0.1) is 0 Å². The number of amides is 1. The summed E-state index contributed by atoms with van der Waals surface area (Å²) in [4.78, 5) is 19.0. The fourth-order valence-electron chi connectivity index (χ4n) is 1.79. The third kappa shape index (κ3) is 3.28. The molecular formula is C14H12N6O4. The maximum atomic E-state index is 11.2. The summed E-state index contributed by atoms with van der Waals surface area (Å²) >= 11 is 0. The molecule has 0 saturated heterocycles. The van der Waals surface area contributed by atoms with Crippen LogP contribution < -0.4 is 15.5 Å². The number of methoxy groups -OCH3 is 1. The third-order valence-corrected chi connectivity index (χ3v) is 3.00. The minimum Gasteiger partial charge on any atom is -0.497 e. The maximum absolute atomic E-state index is 11.2. The maximum Gasteiger partial charge on any atom is 0.322 e. The molecule has 0 spiro atoms. The fraction of sp³-hybridized carbons (Fsp3) is 0.0714. The highest BCUT2D eigenvalue weighted by molar-refractivity contribution is 5.92. The molecule has 0 aliphatic rings. The van der Waals surface area contributed by atoms with Gasteiger partial charge in [-0.05, 0) is 24.3 Å². The van der Waals surface area contributed by atoms with E-state index in [1.165, 1.54) is 17.9 Å². The number of benzene rings is 1. The first-order valence-electron chi connectivity index (χ1n) is 6.71. The summed E-state index contributed by atoms with van der Waals surface area (Å²) in [5.41, 5.74) is 2.32. The minimum atomic E-state index is -0.707. The Labute approximate surface area is 135 Å². The van der Waals surface area contributed by atoms with Crippen molar-refractivity contribution in [3.05, 3.63) is 42.2 Å². The van der Waals surface area contributed by atoms with Gasteiger partial charge in [0, 0.05) is 18.0 Å². The van der Waals surface area contributed by atoms with Crippen molar-refractivity contribution in [1.29, 1.82) is 0 Å². The summed E-state index contributed by atoms with van der Waals surface area (Å²) in [6.07, 6.45) is 2.48. The first kappa shape index (κ1) is 15.4. The number of carbonyl (C=O) groups is 1. The van der Waals surface area contributed by atoms with Crippen molar-refractivity contribution < 1.29 is 19.2 Å². The number of hydrogen-bond acceptors (Lipinski definition) is 9. The van der Waals surface area contributed by atoms with Crippen LogP contribution in [0.4, 0.5) is 12.0 Å². The number of hydroxylamine groups is 1. The van der Waals surface area contributed by atoms with Crippen molar-refractivity contribution in [3.63, 3.8) is 0 Å². The molecule has 3 rings (SSSR count). The lowest BCUT2D eigenvalue weighted by atomic mass is 10.2. The quantitative estimate of drug-likeness (QED) is 0.469. The number of hydrogen-bond donors (Lipinski definition) is 3. The highest BCUT2D eigenvalue weighted by atomic mass is 16.5. The van der Waals surface area contributed by atoms with E-state index in [9.17, 15) is 4.79 Å². The van der Waals surface area contributed by atoms with Gasteiger partial charge < -0.3 is 9.15 Å². The zero-order valence-electron chi connectivity index (χ0n) is 12.4. The summed E-state index contributed by atoms with van der Waals surface area (Å²) < 4.78 is 10.6. The smallest absolute Gasteiger partial charge is 0.322 e. The van der Waals surface area contributed by atoms with Crippen LogP contribution in [0.1, 0.15) is 10.4 Å². The van der Waals surface area contributed by atoms with Gasteiger partial charge in [0.1, 0.15) is 5.75 Å². The molecule has 0 atom stereocenters. The molecule has 0 aliphatic heterocycles. The topological polar surface area (TPSA) is 135 Å². The molecular weight excluding hydrogens is 316 g/mol. The lowest BCUT2D eigenvalue weighted by molar-refractivity contribution is 0.0705. The van der Waals surface area contributed by atoms with E-state index < -0.39 is 5.91 Å². The molecule has 0 radical (unpaired) electrons. The van der Waals surface area contributed by atoms with Crippen LogP contribution in [0.3, 0.4) is 0 Å². The Morgan fingerprint density at radius 1 is 1.17 bits per heavy atom. The molecule has 1 amide bonds. The van der Waals surface area contributed by atoms with Gasteiger partial charge in [0.05, 0.1) is 12.7 Å². The number of nitrogens with zero attached hydrogens (tertiary/aromatic N) is 4. The number of anilines is 2. The number of rotatable bonds is 5. The molecule has 0 saturated carbocycles. The second-order valence-corrected chi connectivity index (χ2v) is 4.50. The second kappa shape index (κ2) is 6.71. The number of ether oxygens (including phenoxy) is 1. The van der Waals surface area contributed by atoms with Gasteiger partial charge in [0.2, 0.25) is 11.8 Å². The lowest BCUT2D eigenvalue weighted by Gasteiger charge is -2.01. The highest BCUT2D eigenvalue weighted by Gasteiger charge is 2.11. The van der Waals surface area contributed by atoms with Crippen LogP contribution in [0.25, 0.3) is 11.5 Å². The summed E-state index contributed by atoms with van der Waals surface area (Å²) in [5.74, 6) is 0.490. The third-order valence-electron chi connectivity index (χ3n) is 3.00. The van der Waals surface area contributed by atoms with E-state index in [1.54, 1.807) is 31.4 Å². The number of carbonyl (C=O) groups excluding carboxylic acids is 1. The largest absolute Gasteiger partial charge is 0.497 e. The van der Waals surface area contributed by atoms with E-state index in [0.717, 1.165) is 11.3 Å². The van der Waals surface area contributed by atoms with Crippen molar-refractivity contribution in [1.82, 2.24) is 25.6 Å². The molecule has 0 fully saturated rings. The Kier molecular flexibility index (Phi) is 4.29. The SMILES string of the molecule is COc1ccc(-c2nnc(Nc3ncc(C(=O)NO)cn3)o2)cc1. The molecule has 0 aliphatic carbocycles. The fourth-order valence-corrected chi connectivity index (χ4v) is 1.79. The zero-order chi connectivity index (χ0) is 16.9. The molecule has 10 nitrogen and oxygen atoms in total. The number of nitrogens with one attached hydrogen (secondary N) is 2. The number of aromatic nitrogens is 4. The molecule has 2 aromatic heterocycles. The molecule has 10 heteroatoms. The standard InChI is InChI=1S/C14H12N6O4/c1-23-10-4-2-8(3-5-10)12-18-19-14(24-12)17-13-15-6-9(7-16-13)11(21)20-22/h2-7,22H,1H3,(H,20,21)(H,15,16,17,19). The van der Waals surface area contributed by atoms with Gasteiger partial charge in [-0.1, -0.05) is 5.10 Å². The van der Waals surface area contributed by atoms with Gasteiger partial charge in [-0.2, -0.15) is 0 Å². The van der Waals surface area contributed by atoms with E-state index in [4.69, 9.17) is 14.4 Å². The van der Waals surface area contributed by atoms with Gasteiger partial charge in [-0.15, -0.1) is 5.10 Å². The summed E-state index contributed by atoms with van der Waals surface area (Å²) in [7, 11) is 1.58. The average molecular weight is 328 g/mol. The Bertz CT molecular complexity index is 831. The van der Waals surface area contributed by atoms with Crippen LogP contribution in [0.5, 0.6) is 5.75 Å². The summed E-state index contributed by atoms with van der Waals surface area (Å²) in [6, 6.07) is 7.23. The Morgan fingerprint density at radius 3 is 2.50 bits per heavy atom. The predicted octanol–water partition coefficient (Wildman–Crippen LogP) is 1.40. The highest BCUT2D eigenvalue weighted by Crippen LogP contribution is 2.23. The van der Waals surface area contributed by atoms with Crippen molar-refractivity contribution in [2.45, 2.75) is 0 Å². The summed E-state index contributed by atoms with van der Waals surface area (Å²) in [5, 5.41) is 19.0. The Hall–Kier alpha value is -3.53. The van der Waals surface area contributed by atoms with Crippen molar-refractivity contribution in [2.75, 3.05) is 12.4 Å². The van der Waals surface area contributed by atoms with Crippen molar-refractivity contribution >= 4 is 17.9 Å². The lowest BCUT2D eigenvalue weighted by Crippen LogP contribution is -2.19. The Balaban J connectivity index is 1.72. The predicted molar refractivity (Wildman–Crippen MR) is 80.9 cm³/mol. The minimum absolute atomic E-state index is 0.0974. The van der Waals surface area contributed by atoms with E-state index in [0.29, 0.717) is 5.89 Å². The van der Waals surface area contributed by atoms with Gasteiger partial charge in [0.25, 0.3) is 5.91 Å². The molecule has 1 aromatic carbocycles. The van der Waals surface area contributed by atoms with Crippen LogP contribution in [0.15, 0.2) is 41.1 Å². The molecule has 3 N–H and O–H groups in total. The molecule has 24 heavy (non-hydrogen) atoms. The average Bonchev–Trinajstić information content (AvgIpc) is 3.10. The van der Waals surface area contributed by atoms with Crippen LogP contribution >= 0.6 is 0 Å². The molecule has 122 valence electrons. The summed E-state index contributed by atoms with van der Waals surface area (Å²) in [6.45, 7) is 0. The van der Waals surface area contributed by atoms with E-state index in [2.05, 4.69) is 25.5 Å². The zero-order valence-corrected chi connectivity index (χ0v) is 12.4. The van der Waals surface area contributed by atoms with E-state index in [-0.39, 0.29) is 17.5 Å². The van der Waals surface area contributed by atoms with Crippen LogP contribution in [0.2, 0.25) is 0 Å². The molecule has 3 aromatic rings. The Morgan fingerprint density at radius 2 is 1.88 bits per heavy atom. The first-order chi connectivity index (χ1) is 11.7. The monoisotopic (exact) mass is 328 g/mol.